The summed E-state index contributed by atoms with van der Waals surface area (Å²) in [5.41, 5.74) is 1.05. The summed E-state index contributed by atoms with van der Waals surface area (Å²) in [5, 5.41) is 10.9. The molecule has 108 valence electrons. The summed E-state index contributed by atoms with van der Waals surface area (Å²) in [5.74, 6) is 0.702. The lowest BCUT2D eigenvalue weighted by Gasteiger charge is -2.26. The van der Waals surface area contributed by atoms with Crippen LogP contribution >= 0.6 is 0 Å². The average Bonchev–Trinajstić information content (AvgIpc) is 2.52. The van der Waals surface area contributed by atoms with E-state index in [9.17, 15) is 4.79 Å². The molecule has 0 spiro atoms. The first kappa shape index (κ1) is 13.5. The highest BCUT2D eigenvalue weighted by Gasteiger charge is 2.23. The Morgan fingerprint density at radius 1 is 1.33 bits per heavy atom. The van der Waals surface area contributed by atoms with E-state index in [1.807, 2.05) is 42.5 Å². The van der Waals surface area contributed by atoms with Gasteiger partial charge in [0.1, 0.15) is 17.6 Å². The number of allylic oxidation sites excluding steroid dienone is 1. The number of carboxylic acid groups (broad SMARTS) is 1. The highest BCUT2D eigenvalue weighted by Crippen LogP contribution is 2.25. The fourth-order valence-electron chi connectivity index (χ4n) is 2.64. The molecule has 4 heteroatoms. The van der Waals surface area contributed by atoms with E-state index < -0.39 is 5.97 Å². The molecular formula is C17H16O4. The van der Waals surface area contributed by atoms with E-state index in [0.29, 0.717) is 6.42 Å². The fraction of sp³-hybridized carbons (Fsp3) is 0.235. The maximum Gasteiger partial charge on any atom is 0.303 e. The molecular weight excluding hydrogens is 268 g/mol. The van der Waals surface area contributed by atoms with Crippen molar-refractivity contribution in [3.8, 4) is 0 Å². The highest BCUT2D eigenvalue weighted by molar-refractivity contribution is 5.71. The summed E-state index contributed by atoms with van der Waals surface area (Å²) < 4.78 is 11.3. The van der Waals surface area contributed by atoms with Crippen LogP contribution in [0.1, 0.15) is 12.8 Å². The normalized spacial score (nSPS) is 19.3. The molecule has 1 unspecified atom stereocenters. The average molecular weight is 284 g/mol. The first-order valence-corrected chi connectivity index (χ1v) is 6.84. The number of methoxy groups -OCH3 is 1. The van der Waals surface area contributed by atoms with Gasteiger partial charge in [0, 0.05) is 17.2 Å². The standard InChI is InChI=1S/C17H16O4/c1-20-11-6-7-16-14(10-11)12-4-2-3-5-13(12)15(21-16)8-9-17(18)19/h2-7,10,16H,8-9H2,1H3,(H,18,19). The van der Waals surface area contributed by atoms with E-state index in [-0.39, 0.29) is 12.5 Å². The minimum atomic E-state index is -0.820. The van der Waals surface area contributed by atoms with Crippen LogP contribution in [-0.2, 0) is 14.3 Å². The number of aliphatic carboxylic acids is 1. The van der Waals surface area contributed by atoms with Gasteiger partial charge in [0.2, 0.25) is 0 Å². The number of carbonyl (C=O) groups is 1. The van der Waals surface area contributed by atoms with Gasteiger partial charge in [0.15, 0.2) is 0 Å². The van der Waals surface area contributed by atoms with Crippen LogP contribution in [-0.4, -0.2) is 24.3 Å². The van der Waals surface area contributed by atoms with Crippen LogP contribution in [0.4, 0.5) is 0 Å². The lowest BCUT2D eigenvalue weighted by atomic mass is 9.96. The van der Waals surface area contributed by atoms with Gasteiger partial charge in [-0.3, -0.25) is 4.79 Å². The van der Waals surface area contributed by atoms with Crippen LogP contribution in [0.5, 0.6) is 0 Å². The molecule has 1 heterocycles. The van der Waals surface area contributed by atoms with Crippen LogP contribution in [0.2, 0.25) is 0 Å². The van der Waals surface area contributed by atoms with Crippen molar-refractivity contribution in [3.05, 3.63) is 58.7 Å². The molecule has 4 nitrogen and oxygen atoms in total. The Balaban J connectivity index is 2.16. The quantitative estimate of drug-likeness (QED) is 0.905. The zero-order valence-corrected chi connectivity index (χ0v) is 11.7. The molecule has 3 rings (SSSR count). The number of rotatable bonds is 4. The summed E-state index contributed by atoms with van der Waals surface area (Å²) >= 11 is 0. The number of ether oxygens (including phenoxy) is 2. The van der Waals surface area contributed by atoms with E-state index in [4.69, 9.17) is 14.6 Å². The summed E-state index contributed by atoms with van der Waals surface area (Å²) in [6.07, 6.45) is 6.06. The van der Waals surface area contributed by atoms with Crippen LogP contribution < -0.4 is 10.4 Å². The molecule has 1 aliphatic carbocycles. The van der Waals surface area contributed by atoms with Gasteiger partial charge in [0.05, 0.1) is 13.5 Å². The van der Waals surface area contributed by atoms with Gasteiger partial charge in [-0.05, 0) is 23.4 Å². The minimum Gasteiger partial charge on any atom is -0.497 e. The molecule has 0 saturated heterocycles. The van der Waals surface area contributed by atoms with Crippen molar-refractivity contribution in [2.24, 2.45) is 0 Å². The van der Waals surface area contributed by atoms with Crippen molar-refractivity contribution in [3.63, 3.8) is 0 Å². The van der Waals surface area contributed by atoms with Gasteiger partial charge in [0.25, 0.3) is 0 Å². The summed E-state index contributed by atoms with van der Waals surface area (Å²) in [4.78, 5) is 10.8. The molecule has 0 radical (unpaired) electrons. The van der Waals surface area contributed by atoms with Gasteiger partial charge >= 0.3 is 5.97 Å². The van der Waals surface area contributed by atoms with Gasteiger partial charge in [-0.1, -0.05) is 24.3 Å². The number of fused-ring (bicyclic) bond motifs is 2. The fourth-order valence-corrected chi connectivity index (χ4v) is 2.64. The molecule has 1 atom stereocenters. The van der Waals surface area contributed by atoms with E-state index in [1.54, 1.807) is 7.11 Å². The van der Waals surface area contributed by atoms with Gasteiger partial charge in [-0.15, -0.1) is 0 Å². The van der Waals surface area contributed by atoms with Crippen molar-refractivity contribution >= 4 is 17.3 Å². The second kappa shape index (κ2) is 5.48. The van der Waals surface area contributed by atoms with E-state index >= 15 is 0 Å². The first-order valence-electron chi connectivity index (χ1n) is 6.84. The molecule has 0 saturated carbocycles. The van der Waals surface area contributed by atoms with Gasteiger partial charge in [-0.25, -0.2) is 0 Å². The second-order valence-corrected chi connectivity index (χ2v) is 4.97. The Kier molecular flexibility index (Phi) is 3.52. The molecule has 1 N–H and O–H groups in total. The largest absolute Gasteiger partial charge is 0.497 e. The van der Waals surface area contributed by atoms with E-state index in [2.05, 4.69) is 0 Å². The van der Waals surface area contributed by atoms with Crippen molar-refractivity contribution in [1.29, 1.82) is 0 Å². The lowest BCUT2D eigenvalue weighted by molar-refractivity contribution is -0.137. The number of carboxylic acids is 1. The topological polar surface area (TPSA) is 55.8 Å². The van der Waals surface area contributed by atoms with Crippen molar-refractivity contribution in [2.75, 3.05) is 7.11 Å². The SMILES string of the molecule is COC1=CC2=c3ccccc3=C(CCC(=O)O)OC2C=C1. The Morgan fingerprint density at radius 2 is 2.10 bits per heavy atom. The van der Waals surface area contributed by atoms with Crippen LogP contribution in [0, 0.1) is 0 Å². The van der Waals surface area contributed by atoms with Crippen molar-refractivity contribution in [2.45, 2.75) is 18.9 Å². The third-order valence-electron chi connectivity index (χ3n) is 3.65. The van der Waals surface area contributed by atoms with E-state index in [1.165, 1.54) is 0 Å². The minimum absolute atomic E-state index is 0.0641. The zero-order chi connectivity index (χ0) is 14.8. The zero-order valence-electron chi connectivity index (χ0n) is 11.7. The molecule has 21 heavy (non-hydrogen) atoms. The molecule has 0 fully saturated rings. The Morgan fingerprint density at radius 3 is 2.81 bits per heavy atom. The van der Waals surface area contributed by atoms with Gasteiger partial charge in [-0.2, -0.15) is 0 Å². The second-order valence-electron chi connectivity index (χ2n) is 4.97. The van der Waals surface area contributed by atoms with Gasteiger partial charge < -0.3 is 14.6 Å². The summed E-state index contributed by atoms with van der Waals surface area (Å²) in [7, 11) is 1.64. The third kappa shape index (κ3) is 2.57. The molecule has 1 aromatic carbocycles. The third-order valence-corrected chi connectivity index (χ3v) is 3.65. The van der Waals surface area contributed by atoms with Crippen LogP contribution in [0.25, 0.3) is 11.3 Å². The monoisotopic (exact) mass is 284 g/mol. The lowest BCUT2D eigenvalue weighted by Crippen LogP contribution is -2.38. The molecule has 2 aliphatic rings. The smallest absolute Gasteiger partial charge is 0.303 e. The Bertz CT molecular complexity index is 755. The molecule has 0 bridgehead atoms. The number of benzene rings is 1. The highest BCUT2D eigenvalue weighted by atomic mass is 16.5. The van der Waals surface area contributed by atoms with Crippen LogP contribution in [0.3, 0.4) is 0 Å². The predicted molar refractivity (Wildman–Crippen MR) is 78.5 cm³/mol. The molecule has 0 amide bonds. The number of hydrogen-bond acceptors (Lipinski definition) is 3. The summed E-state index contributed by atoms with van der Waals surface area (Å²) in [6, 6.07) is 7.91. The molecule has 0 aromatic heterocycles. The molecule has 1 aromatic rings. The Hall–Kier alpha value is -2.49. The van der Waals surface area contributed by atoms with E-state index in [0.717, 1.165) is 27.5 Å². The maximum absolute atomic E-state index is 10.8. The first-order chi connectivity index (χ1) is 10.2. The molecule has 1 aliphatic heterocycles. The Labute approximate surface area is 122 Å². The summed E-state index contributed by atoms with van der Waals surface area (Å²) in [6.45, 7) is 0. The van der Waals surface area contributed by atoms with Crippen molar-refractivity contribution < 1.29 is 19.4 Å². The maximum atomic E-state index is 10.8. The van der Waals surface area contributed by atoms with Crippen molar-refractivity contribution in [1.82, 2.24) is 0 Å². The predicted octanol–water partition coefficient (Wildman–Crippen LogP) is 1.31. The number of hydrogen-bond donors (Lipinski definition) is 1. The van der Waals surface area contributed by atoms with Crippen LogP contribution in [0.15, 0.2) is 48.3 Å².